The molecule has 0 N–H and O–H groups in total. The number of hydrogen-bond acceptors (Lipinski definition) is 3. The highest BCUT2D eigenvalue weighted by molar-refractivity contribution is 6.36. The summed E-state index contributed by atoms with van der Waals surface area (Å²) in [7, 11) is 2.10. The second-order valence-corrected chi connectivity index (χ2v) is 6.71. The zero-order valence-electron chi connectivity index (χ0n) is 13.8. The first-order valence-electron chi connectivity index (χ1n) is 7.84. The van der Waals surface area contributed by atoms with Crippen molar-refractivity contribution in [1.82, 2.24) is 9.80 Å². The van der Waals surface area contributed by atoms with Gasteiger partial charge in [0.1, 0.15) is 0 Å². The lowest BCUT2D eigenvalue weighted by Gasteiger charge is -2.47. The Kier molecular flexibility index (Phi) is 6.18. The van der Waals surface area contributed by atoms with E-state index >= 15 is 0 Å². The molecule has 1 aliphatic rings. The van der Waals surface area contributed by atoms with Gasteiger partial charge in [-0.15, -0.1) is 0 Å². The molecule has 20 heavy (non-hydrogen) atoms. The molecule has 0 bridgehead atoms. The Morgan fingerprint density at radius 2 is 1.75 bits per heavy atom. The summed E-state index contributed by atoms with van der Waals surface area (Å²) in [5, 5.41) is 0. The van der Waals surface area contributed by atoms with Crippen molar-refractivity contribution in [2.75, 3.05) is 20.1 Å². The first-order chi connectivity index (χ1) is 9.29. The maximum Gasteiger partial charge on any atom is 0.290 e. The average molecular weight is 282 g/mol. The van der Waals surface area contributed by atoms with Gasteiger partial charge >= 0.3 is 0 Å². The molecule has 4 heteroatoms. The van der Waals surface area contributed by atoms with Crippen LogP contribution in [0.2, 0.25) is 0 Å². The second kappa shape index (κ2) is 7.21. The van der Waals surface area contributed by atoms with Gasteiger partial charge in [0.15, 0.2) is 0 Å². The lowest BCUT2D eigenvalue weighted by Crippen LogP contribution is -2.62. The monoisotopic (exact) mass is 282 g/mol. The van der Waals surface area contributed by atoms with Crippen molar-refractivity contribution in [2.24, 2.45) is 11.8 Å². The van der Waals surface area contributed by atoms with Gasteiger partial charge in [-0.3, -0.25) is 9.59 Å². The van der Waals surface area contributed by atoms with Crippen LogP contribution in [0.15, 0.2) is 0 Å². The SMILES string of the molecule is CCCC1CN(C)CC(C(C)C)N1C(=O)C(=O)C(C)C. The molecular formula is C16H30N2O2. The van der Waals surface area contributed by atoms with Crippen molar-refractivity contribution in [3.8, 4) is 0 Å². The van der Waals surface area contributed by atoms with Crippen molar-refractivity contribution in [1.29, 1.82) is 0 Å². The molecule has 0 aromatic carbocycles. The van der Waals surface area contributed by atoms with Crippen LogP contribution in [-0.4, -0.2) is 53.7 Å². The van der Waals surface area contributed by atoms with E-state index in [1.165, 1.54) is 0 Å². The fourth-order valence-corrected chi connectivity index (χ4v) is 2.99. The number of nitrogens with zero attached hydrogens (tertiary/aromatic N) is 2. The van der Waals surface area contributed by atoms with E-state index in [2.05, 4.69) is 32.7 Å². The highest BCUT2D eigenvalue weighted by atomic mass is 16.2. The van der Waals surface area contributed by atoms with Gasteiger partial charge in [0.2, 0.25) is 5.78 Å². The number of carbonyl (C=O) groups is 2. The van der Waals surface area contributed by atoms with Crippen LogP contribution in [0.5, 0.6) is 0 Å². The van der Waals surface area contributed by atoms with E-state index in [0.717, 1.165) is 25.9 Å². The van der Waals surface area contributed by atoms with Crippen LogP contribution in [0, 0.1) is 11.8 Å². The summed E-state index contributed by atoms with van der Waals surface area (Å²) < 4.78 is 0. The Morgan fingerprint density at radius 3 is 2.20 bits per heavy atom. The molecule has 0 spiro atoms. The number of likely N-dealkylation sites (N-methyl/N-ethyl adjacent to an activating group) is 1. The van der Waals surface area contributed by atoms with Crippen molar-refractivity contribution in [2.45, 2.75) is 59.5 Å². The molecule has 1 aliphatic heterocycles. The lowest BCUT2D eigenvalue weighted by atomic mass is 9.93. The maximum absolute atomic E-state index is 12.6. The number of ketones is 1. The lowest BCUT2D eigenvalue weighted by molar-refractivity contribution is -0.153. The van der Waals surface area contributed by atoms with Gasteiger partial charge in [0.25, 0.3) is 5.91 Å². The third-order valence-corrected chi connectivity index (χ3v) is 4.13. The summed E-state index contributed by atoms with van der Waals surface area (Å²) in [6, 6.07) is 0.307. The first-order valence-corrected chi connectivity index (χ1v) is 7.84. The minimum atomic E-state index is -0.273. The largest absolute Gasteiger partial charge is 0.327 e. The Labute approximate surface area is 123 Å². The number of hydrogen-bond donors (Lipinski definition) is 0. The van der Waals surface area contributed by atoms with E-state index < -0.39 is 0 Å². The van der Waals surface area contributed by atoms with Crippen LogP contribution in [0.25, 0.3) is 0 Å². The van der Waals surface area contributed by atoms with Gasteiger partial charge in [-0.1, -0.05) is 41.0 Å². The van der Waals surface area contributed by atoms with Crippen LogP contribution in [0.1, 0.15) is 47.5 Å². The van der Waals surface area contributed by atoms with Crippen molar-refractivity contribution >= 4 is 11.7 Å². The van der Waals surface area contributed by atoms with Gasteiger partial charge in [-0.25, -0.2) is 0 Å². The zero-order chi connectivity index (χ0) is 15.4. The van der Waals surface area contributed by atoms with E-state index in [0.29, 0.717) is 5.92 Å². The molecule has 4 nitrogen and oxygen atoms in total. The Balaban J connectivity index is 3.03. The van der Waals surface area contributed by atoms with Crippen molar-refractivity contribution in [3.63, 3.8) is 0 Å². The summed E-state index contributed by atoms with van der Waals surface area (Å²) in [5.41, 5.74) is 0. The minimum absolute atomic E-state index is 0.139. The molecule has 1 rings (SSSR count). The number of amides is 1. The topological polar surface area (TPSA) is 40.6 Å². The highest BCUT2D eigenvalue weighted by Gasteiger charge is 2.39. The molecule has 2 atom stereocenters. The third kappa shape index (κ3) is 3.81. The van der Waals surface area contributed by atoms with Crippen LogP contribution < -0.4 is 0 Å². The molecule has 2 unspecified atom stereocenters. The fourth-order valence-electron chi connectivity index (χ4n) is 2.99. The molecule has 0 aromatic rings. The predicted octanol–water partition coefficient (Wildman–Crippen LogP) is 2.18. The standard InChI is InChI=1S/C16H30N2O2/c1-7-8-13-9-17(6)10-14(11(2)3)18(13)16(20)15(19)12(4)5/h11-14H,7-10H2,1-6H3. The average Bonchev–Trinajstić information content (AvgIpc) is 2.36. The quantitative estimate of drug-likeness (QED) is 0.726. The maximum atomic E-state index is 12.6. The smallest absolute Gasteiger partial charge is 0.290 e. The second-order valence-electron chi connectivity index (χ2n) is 6.71. The first kappa shape index (κ1) is 17.2. The minimum Gasteiger partial charge on any atom is -0.327 e. The van der Waals surface area contributed by atoms with Gasteiger partial charge < -0.3 is 9.80 Å². The molecule has 0 aliphatic carbocycles. The number of carbonyl (C=O) groups excluding carboxylic acids is 2. The molecule has 1 saturated heterocycles. The molecule has 0 aromatic heterocycles. The van der Waals surface area contributed by atoms with Crippen LogP contribution in [0.3, 0.4) is 0 Å². The molecular weight excluding hydrogens is 252 g/mol. The summed E-state index contributed by atoms with van der Waals surface area (Å²) in [5.74, 6) is -0.384. The highest BCUT2D eigenvalue weighted by Crippen LogP contribution is 2.24. The Bertz CT molecular complexity index is 352. The Morgan fingerprint density at radius 1 is 1.15 bits per heavy atom. The van der Waals surface area contributed by atoms with Crippen molar-refractivity contribution < 1.29 is 9.59 Å². The van der Waals surface area contributed by atoms with E-state index in [9.17, 15) is 9.59 Å². The number of rotatable bonds is 5. The van der Waals surface area contributed by atoms with Crippen LogP contribution >= 0.6 is 0 Å². The normalized spacial score (nSPS) is 24.5. The third-order valence-electron chi connectivity index (χ3n) is 4.13. The van der Waals surface area contributed by atoms with Gasteiger partial charge in [-0.05, 0) is 19.4 Å². The summed E-state index contributed by atoms with van der Waals surface area (Å²) in [6.45, 7) is 11.7. The molecule has 0 saturated carbocycles. The summed E-state index contributed by atoms with van der Waals surface area (Å²) in [6.07, 6.45) is 1.99. The Hall–Kier alpha value is -0.900. The molecule has 116 valence electrons. The fraction of sp³-hybridized carbons (Fsp3) is 0.875. The van der Waals surface area contributed by atoms with Gasteiger partial charge in [0, 0.05) is 31.1 Å². The summed E-state index contributed by atoms with van der Waals surface area (Å²) >= 11 is 0. The van der Waals surface area contributed by atoms with Crippen LogP contribution in [-0.2, 0) is 9.59 Å². The number of Topliss-reactive ketones (excluding diaryl/α,β-unsaturated/α-hetero) is 1. The summed E-state index contributed by atoms with van der Waals surface area (Å²) in [4.78, 5) is 28.9. The predicted molar refractivity (Wildman–Crippen MR) is 81.5 cm³/mol. The van der Waals surface area contributed by atoms with E-state index in [1.807, 2.05) is 4.90 Å². The molecule has 1 fully saturated rings. The molecule has 1 amide bonds. The van der Waals surface area contributed by atoms with Crippen molar-refractivity contribution in [3.05, 3.63) is 0 Å². The van der Waals surface area contributed by atoms with E-state index in [4.69, 9.17) is 0 Å². The van der Waals surface area contributed by atoms with E-state index in [-0.39, 0.29) is 29.7 Å². The zero-order valence-corrected chi connectivity index (χ0v) is 13.8. The molecule has 0 radical (unpaired) electrons. The van der Waals surface area contributed by atoms with Crippen LogP contribution in [0.4, 0.5) is 0 Å². The van der Waals surface area contributed by atoms with Gasteiger partial charge in [-0.2, -0.15) is 0 Å². The van der Waals surface area contributed by atoms with E-state index in [1.54, 1.807) is 13.8 Å². The number of piperazine rings is 1. The van der Waals surface area contributed by atoms with Gasteiger partial charge in [0.05, 0.1) is 0 Å². The molecule has 1 heterocycles.